The van der Waals surface area contributed by atoms with E-state index in [0.717, 1.165) is 6.42 Å². The van der Waals surface area contributed by atoms with Crippen molar-refractivity contribution in [3.05, 3.63) is 12.2 Å². The number of terminal acetylenes is 1. The van der Waals surface area contributed by atoms with Gasteiger partial charge in [0.1, 0.15) is 12.2 Å². The molecule has 1 heteroatoms. The van der Waals surface area contributed by atoms with Crippen LogP contribution in [0.2, 0.25) is 0 Å². The Labute approximate surface area is 62.1 Å². The highest BCUT2D eigenvalue weighted by molar-refractivity contribution is 5.15. The van der Waals surface area contributed by atoms with Gasteiger partial charge in [0, 0.05) is 0 Å². The Morgan fingerprint density at radius 1 is 1.70 bits per heavy atom. The molecule has 1 saturated heterocycles. The fourth-order valence-electron chi connectivity index (χ4n) is 0.801. The number of rotatable bonds is 3. The van der Waals surface area contributed by atoms with Crippen molar-refractivity contribution in [1.82, 2.24) is 0 Å². The van der Waals surface area contributed by atoms with Crippen LogP contribution in [0.1, 0.15) is 19.8 Å². The van der Waals surface area contributed by atoms with E-state index in [2.05, 4.69) is 18.9 Å². The van der Waals surface area contributed by atoms with Crippen molar-refractivity contribution in [1.29, 1.82) is 0 Å². The van der Waals surface area contributed by atoms with Crippen molar-refractivity contribution in [2.45, 2.75) is 32.0 Å². The van der Waals surface area contributed by atoms with Gasteiger partial charge in [-0.25, -0.2) is 0 Å². The molecule has 0 aromatic carbocycles. The average Bonchev–Trinajstić information content (AvgIpc) is 2.68. The van der Waals surface area contributed by atoms with Crippen LogP contribution in [0, 0.1) is 12.3 Å². The number of epoxide rings is 1. The Morgan fingerprint density at radius 3 is 3.00 bits per heavy atom. The summed E-state index contributed by atoms with van der Waals surface area (Å²) in [6, 6.07) is 0. The molecule has 0 radical (unpaired) electrons. The number of allylic oxidation sites excluding steroid dienone is 1. The summed E-state index contributed by atoms with van der Waals surface area (Å²) in [5.41, 5.74) is 0. The monoisotopic (exact) mass is 136 g/mol. The third-order valence-electron chi connectivity index (χ3n) is 1.47. The first kappa shape index (κ1) is 7.37. The summed E-state index contributed by atoms with van der Waals surface area (Å²) in [4.78, 5) is 0. The molecule has 1 fully saturated rings. The van der Waals surface area contributed by atoms with Gasteiger partial charge in [0.05, 0.1) is 0 Å². The van der Waals surface area contributed by atoms with Gasteiger partial charge in [0.15, 0.2) is 0 Å². The fourth-order valence-corrected chi connectivity index (χ4v) is 0.801. The molecule has 1 aliphatic rings. The van der Waals surface area contributed by atoms with E-state index < -0.39 is 0 Å². The maximum atomic E-state index is 5.12. The Kier molecular flexibility index (Phi) is 2.53. The first-order chi connectivity index (χ1) is 4.88. The molecule has 0 unspecified atom stereocenters. The average molecular weight is 136 g/mol. The van der Waals surface area contributed by atoms with Crippen LogP contribution in [0.5, 0.6) is 0 Å². The van der Waals surface area contributed by atoms with Gasteiger partial charge >= 0.3 is 0 Å². The fraction of sp³-hybridized carbons (Fsp3) is 0.556. The minimum atomic E-state index is 0.0631. The van der Waals surface area contributed by atoms with E-state index in [9.17, 15) is 0 Å². The van der Waals surface area contributed by atoms with E-state index >= 15 is 0 Å². The molecule has 0 bridgehead atoms. The van der Waals surface area contributed by atoms with Gasteiger partial charge in [-0.15, -0.1) is 6.42 Å². The van der Waals surface area contributed by atoms with Crippen LogP contribution in [-0.4, -0.2) is 12.2 Å². The molecule has 0 amide bonds. The third kappa shape index (κ3) is 1.89. The molecule has 0 spiro atoms. The highest BCUT2D eigenvalue weighted by Crippen LogP contribution is 2.22. The van der Waals surface area contributed by atoms with Crippen LogP contribution in [0.4, 0.5) is 0 Å². The van der Waals surface area contributed by atoms with E-state index in [4.69, 9.17) is 11.2 Å². The molecule has 1 nitrogen and oxygen atoms in total. The van der Waals surface area contributed by atoms with Crippen molar-refractivity contribution >= 4 is 0 Å². The molecule has 0 aliphatic carbocycles. The lowest BCUT2D eigenvalue weighted by Gasteiger charge is -1.80. The van der Waals surface area contributed by atoms with Gasteiger partial charge in [0.2, 0.25) is 0 Å². The van der Waals surface area contributed by atoms with Gasteiger partial charge in [0.25, 0.3) is 0 Å². The summed E-state index contributed by atoms with van der Waals surface area (Å²) >= 11 is 0. The van der Waals surface area contributed by atoms with Crippen molar-refractivity contribution in [3.8, 4) is 12.3 Å². The minimum Gasteiger partial charge on any atom is -0.351 e. The van der Waals surface area contributed by atoms with Crippen molar-refractivity contribution < 1.29 is 4.74 Å². The molecule has 1 rings (SSSR count). The Hall–Kier alpha value is -0.740. The van der Waals surface area contributed by atoms with Gasteiger partial charge in [-0.2, -0.15) is 0 Å². The van der Waals surface area contributed by atoms with Gasteiger partial charge < -0.3 is 4.74 Å². The standard InChI is InChI=1S/C9H12O/c1-3-5-6-7-9-8(4-2)10-9/h2,6-9H,3,5H2,1H3/t8-,9-/m1/s1. The predicted molar refractivity (Wildman–Crippen MR) is 41.5 cm³/mol. The molecule has 0 aromatic heterocycles. The molecule has 2 atom stereocenters. The molecule has 0 saturated carbocycles. The maximum Gasteiger partial charge on any atom is 0.148 e. The third-order valence-corrected chi connectivity index (χ3v) is 1.47. The molecule has 0 aromatic rings. The second-order valence-electron chi connectivity index (χ2n) is 2.40. The number of ether oxygens (including phenoxy) is 1. The van der Waals surface area contributed by atoms with E-state index in [1.54, 1.807) is 0 Å². The molecule has 1 aliphatic heterocycles. The van der Waals surface area contributed by atoms with Crippen LogP contribution in [0.25, 0.3) is 0 Å². The van der Waals surface area contributed by atoms with Crippen molar-refractivity contribution in [3.63, 3.8) is 0 Å². The smallest absolute Gasteiger partial charge is 0.148 e. The molecule has 54 valence electrons. The van der Waals surface area contributed by atoms with Crippen LogP contribution in [0.15, 0.2) is 12.2 Å². The lowest BCUT2D eigenvalue weighted by atomic mass is 10.2. The maximum absolute atomic E-state index is 5.12. The molecule has 0 N–H and O–H groups in total. The first-order valence-corrected chi connectivity index (χ1v) is 3.66. The predicted octanol–water partition coefficient (Wildman–Crippen LogP) is 1.74. The van der Waals surface area contributed by atoms with Gasteiger partial charge in [-0.3, -0.25) is 0 Å². The normalized spacial score (nSPS) is 30.4. The van der Waals surface area contributed by atoms with E-state index in [1.165, 1.54) is 6.42 Å². The topological polar surface area (TPSA) is 12.5 Å². The van der Waals surface area contributed by atoms with Crippen molar-refractivity contribution in [2.75, 3.05) is 0 Å². The van der Waals surface area contributed by atoms with Crippen LogP contribution in [0.3, 0.4) is 0 Å². The molecular formula is C9H12O. The van der Waals surface area contributed by atoms with E-state index in [-0.39, 0.29) is 12.2 Å². The van der Waals surface area contributed by atoms with E-state index in [0.29, 0.717) is 0 Å². The highest BCUT2D eigenvalue weighted by atomic mass is 16.6. The summed E-state index contributed by atoms with van der Waals surface area (Å²) in [5.74, 6) is 2.54. The van der Waals surface area contributed by atoms with Gasteiger partial charge in [-0.1, -0.05) is 31.4 Å². The molecular weight excluding hydrogens is 124 g/mol. The zero-order chi connectivity index (χ0) is 7.40. The van der Waals surface area contributed by atoms with Crippen LogP contribution >= 0.6 is 0 Å². The Bertz CT molecular complexity index is 164. The highest BCUT2D eigenvalue weighted by Gasteiger charge is 2.33. The zero-order valence-corrected chi connectivity index (χ0v) is 6.21. The second kappa shape index (κ2) is 3.43. The number of hydrogen-bond donors (Lipinski definition) is 0. The molecule has 10 heavy (non-hydrogen) atoms. The van der Waals surface area contributed by atoms with Gasteiger partial charge in [-0.05, 0) is 6.42 Å². The lowest BCUT2D eigenvalue weighted by molar-refractivity contribution is 0.417. The van der Waals surface area contributed by atoms with Crippen LogP contribution < -0.4 is 0 Å². The van der Waals surface area contributed by atoms with Crippen LogP contribution in [-0.2, 0) is 4.74 Å². The summed E-state index contributed by atoms with van der Waals surface area (Å²) in [6.07, 6.45) is 11.9. The second-order valence-corrected chi connectivity index (χ2v) is 2.40. The lowest BCUT2D eigenvalue weighted by Crippen LogP contribution is -1.83. The van der Waals surface area contributed by atoms with Crippen molar-refractivity contribution in [2.24, 2.45) is 0 Å². The summed E-state index contributed by atoms with van der Waals surface area (Å²) < 4.78 is 5.09. The Balaban J connectivity index is 2.12. The molecule has 1 heterocycles. The minimum absolute atomic E-state index is 0.0631. The quantitative estimate of drug-likeness (QED) is 0.327. The van der Waals surface area contributed by atoms with E-state index in [1.807, 2.05) is 6.08 Å². The number of unbranched alkanes of at least 4 members (excludes halogenated alkanes) is 1. The first-order valence-electron chi connectivity index (χ1n) is 3.66. The summed E-state index contributed by atoms with van der Waals surface area (Å²) in [7, 11) is 0. The number of hydrogen-bond acceptors (Lipinski definition) is 1. The largest absolute Gasteiger partial charge is 0.351 e. The SMILES string of the molecule is C#C[C@H]1O[C@@H]1C=CCCC. The Morgan fingerprint density at radius 2 is 2.50 bits per heavy atom. The summed E-state index contributed by atoms with van der Waals surface area (Å²) in [5, 5.41) is 0. The zero-order valence-electron chi connectivity index (χ0n) is 6.21. The summed E-state index contributed by atoms with van der Waals surface area (Å²) in [6.45, 7) is 2.15.